The molecule has 0 aromatic heterocycles. The zero-order valence-corrected chi connectivity index (χ0v) is 17.1. The highest BCUT2D eigenvalue weighted by molar-refractivity contribution is 7.95. The molecule has 3 atom stereocenters. The van der Waals surface area contributed by atoms with Crippen LogP contribution in [0.2, 0.25) is 0 Å². The molecule has 2 aliphatic rings. The standard InChI is InChI=1S/C20H28N2O3S/c1-6-20(18(2,3)14-11-12-19(20,4)13-14)26-22(24)17(23)21-15-7-9-16(25-5)10-8-15/h7-10,14H,6,11-13H2,1-5H3/p+1. The lowest BCUT2D eigenvalue weighted by Crippen LogP contribution is -2.52. The molecule has 26 heavy (non-hydrogen) atoms. The molecule has 2 fully saturated rings. The lowest BCUT2D eigenvalue weighted by atomic mass is 9.62. The van der Waals surface area contributed by atoms with Crippen molar-refractivity contribution in [1.82, 2.24) is 0 Å². The molecular weight excluding hydrogens is 348 g/mol. The Labute approximate surface area is 160 Å². The van der Waals surface area contributed by atoms with Crippen LogP contribution in [-0.4, -0.2) is 22.1 Å². The first-order valence-corrected chi connectivity index (χ1v) is 10.1. The third-order valence-electron chi connectivity index (χ3n) is 7.02. The fourth-order valence-electron chi connectivity index (χ4n) is 5.53. The molecule has 3 rings (SSSR count). The highest BCUT2D eigenvalue weighted by Gasteiger charge is 2.70. The molecule has 1 N–H and O–H groups in total. The average molecular weight is 378 g/mol. The molecule has 142 valence electrons. The van der Waals surface area contributed by atoms with E-state index in [9.17, 15) is 9.70 Å². The normalized spacial score (nSPS) is 31.7. The summed E-state index contributed by atoms with van der Waals surface area (Å²) < 4.78 is 5.45. The number of nitrogens with zero attached hydrogens (tertiary/aromatic N) is 1. The number of urea groups is 1. The first-order valence-electron chi connectivity index (χ1n) is 9.30. The maximum absolute atomic E-state index is 12.7. The van der Waals surface area contributed by atoms with Crippen molar-refractivity contribution in [3.8, 4) is 5.75 Å². The van der Waals surface area contributed by atoms with Crippen LogP contribution in [0.15, 0.2) is 24.3 Å². The number of nitroso groups, excluding NO2 is 1. The van der Waals surface area contributed by atoms with E-state index in [1.165, 1.54) is 18.4 Å². The van der Waals surface area contributed by atoms with Crippen molar-refractivity contribution >= 4 is 23.7 Å². The van der Waals surface area contributed by atoms with Gasteiger partial charge in [-0.2, -0.15) is 4.79 Å². The van der Waals surface area contributed by atoms with E-state index in [-0.39, 0.29) is 15.6 Å². The molecule has 1 aromatic rings. The number of methoxy groups -OCH3 is 1. The highest BCUT2D eigenvalue weighted by atomic mass is 32.2. The summed E-state index contributed by atoms with van der Waals surface area (Å²) in [5.41, 5.74) is 0.716. The van der Waals surface area contributed by atoms with E-state index in [1.807, 2.05) is 0 Å². The number of ether oxygens (including phenoxy) is 1. The fourth-order valence-corrected chi connectivity index (χ4v) is 6.88. The predicted octanol–water partition coefficient (Wildman–Crippen LogP) is 5.65. The molecule has 0 heterocycles. The van der Waals surface area contributed by atoms with Crippen LogP contribution >= 0.6 is 11.9 Å². The highest BCUT2D eigenvalue weighted by Crippen LogP contribution is 2.73. The van der Waals surface area contributed by atoms with Crippen molar-refractivity contribution in [2.24, 2.45) is 16.7 Å². The van der Waals surface area contributed by atoms with Crippen molar-refractivity contribution < 1.29 is 13.7 Å². The summed E-state index contributed by atoms with van der Waals surface area (Å²) in [5, 5.41) is 2.69. The van der Waals surface area contributed by atoms with Gasteiger partial charge in [-0.1, -0.05) is 27.7 Å². The second-order valence-corrected chi connectivity index (χ2v) is 9.62. The largest absolute Gasteiger partial charge is 0.547 e. The Morgan fingerprint density at radius 1 is 1.31 bits per heavy atom. The van der Waals surface area contributed by atoms with Crippen molar-refractivity contribution in [1.29, 1.82) is 0 Å². The van der Waals surface area contributed by atoms with Gasteiger partial charge in [0, 0.05) is 0 Å². The van der Waals surface area contributed by atoms with Gasteiger partial charge in [-0.3, -0.25) is 0 Å². The number of hydrogen-bond acceptors (Lipinski definition) is 4. The summed E-state index contributed by atoms with van der Waals surface area (Å²) in [5.74, 6) is 1.33. The molecular formula is C20H29N2O3S+. The molecule has 0 saturated heterocycles. The van der Waals surface area contributed by atoms with Crippen LogP contribution < -0.4 is 10.1 Å². The third kappa shape index (κ3) is 2.73. The van der Waals surface area contributed by atoms with E-state index in [0.29, 0.717) is 21.5 Å². The number of carbonyl (C=O) groups excluding carboxylic acids is 1. The topological polar surface area (TPSA) is 58.4 Å². The maximum Gasteiger partial charge on any atom is 0.547 e. The number of hydrogen-bond donors (Lipinski definition) is 1. The van der Waals surface area contributed by atoms with Crippen LogP contribution in [0, 0.1) is 21.7 Å². The number of rotatable bonds is 5. The average Bonchev–Trinajstić information content (AvgIpc) is 3.09. The summed E-state index contributed by atoms with van der Waals surface area (Å²) >= 11 is 1.20. The predicted molar refractivity (Wildman–Crippen MR) is 105 cm³/mol. The van der Waals surface area contributed by atoms with Gasteiger partial charge in [0.1, 0.15) is 23.4 Å². The lowest BCUT2D eigenvalue weighted by Gasteiger charge is -2.51. The van der Waals surface area contributed by atoms with Gasteiger partial charge in [0.2, 0.25) is 0 Å². The van der Waals surface area contributed by atoms with Crippen LogP contribution in [0.4, 0.5) is 10.5 Å². The van der Waals surface area contributed by atoms with Crippen molar-refractivity contribution in [2.75, 3.05) is 12.4 Å². The maximum atomic E-state index is 12.7. The van der Waals surface area contributed by atoms with Crippen molar-refractivity contribution in [3.63, 3.8) is 0 Å². The van der Waals surface area contributed by atoms with E-state index in [0.717, 1.165) is 19.3 Å². The fraction of sp³-hybridized carbons (Fsp3) is 0.650. The van der Waals surface area contributed by atoms with Crippen LogP contribution in [0.1, 0.15) is 53.4 Å². The van der Waals surface area contributed by atoms with Gasteiger partial charge in [-0.15, -0.1) is 0 Å². The number of carbonyl (C=O) groups is 1. The Hall–Kier alpha value is -1.56. The lowest BCUT2D eigenvalue weighted by molar-refractivity contribution is -0.258. The monoisotopic (exact) mass is 377 g/mol. The van der Waals surface area contributed by atoms with E-state index >= 15 is 0 Å². The van der Waals surface area contributed by atoms with Crippen LogP contribution in [0.3, 0.4) is 0 Å². The van der Waals surface area contributed by atoms with E-state index in [1.54, 1.807) is 31.4 Å². The molecule has 5 nitrogen and oxygen atoms in total. The molecule has 2 saturated carbocycles. The molecule has 0 aliphatic heterocycles. The zero-order chi connectivity index (χ0) is 19.2. The van der Waals surface area contributed by atoms with E-state index in [2.05, 4.69) is 33.0 Å². The molecule has 0 spiro atoms. The first kappa shape index (κ1) is 19.2. The second kappa shape index (κ2) is 6.55. The van der Waals surface area contributed by atoms with Gasteiger partial charge in [0.05, 0.1) is 16.0 Å². The molecule has 2 bridgehead atoms. The number of nitrogens with one attached hydrogen (secondary N) is 1. The third-order valence-corrected chi connectivity index (χ3v) is 8.97. The molecule has 0 radical (unpaired) electrons. The smallest absolute Gasteiger partial charge is 0.497 e. The van der Waals surface area contributed by atoms with Gasteiger partial charge < -0.3 is 4.74 Å². The van der Waals surface area contributed by atoms with Gasteiger partial charge in [0.15, 0.2) is 0 Å². The molecule has 1 aromatic carbocycles. The SMILES string of the molecule is CCC1(S[N+](=O)C(=O)Nc2ccc(OC)cc2)C2(C)CCC(C2)C1(C)C. The zero-order valence-electron chi connectivity index (χ0n) is 16.3. The minimum absolute atomic E-state index is 0.0302. The Morgan fingerprint density at radius 3 is 2.46 bits per heavy atom. The Balaban J connectivity index is 1.76. The molecule has 2 amide bonds. The van der Waals surface area contributed by atoms with Crippen LogP contribution in [0.25, 0.3) is 0 Å². The number of anilines is 1. The van der Waals surface area contributed by atoms with Crippen LogP contribution in [-0.2, 0) is 0 Å². The number of amides is 2. The number of benzene rings is 1. The number of fused-ring (bicyclic) bond motifs is 2. The second-order valence-electron chi connectivity index (χ2n) is 8.41. The molecule has 2 aliphatic carbocycles. The van der Waals surface area contributed by atoms with Crippen LogP contribution in [0.5, 0.6) is 5.75 Å². The Kier molecular flexibility index (Phi) is 4.84. The summed E-state index contributed by atoms with van der Waals surface area (Å²) in [7, 11) is 1.59. The minimum Gasteiger partial charge on any atom is -0.497 e. The summed E-state index contributed by atoms with van der Waals surface area (Å²) in [4.78, 5) is 25.2. The van der Waals surface area contributed by atoms with Gasteiger partial charge in [-0.05, 0) is 71.6 Å². The summed E-state index contributed by atoms with van der Waals surface area (Å²) in [6.07, 6.45) is 4.39. The summed E-state index contributed by atoms with van der Waals surface area (Å²) in [6.45, 7) is 8.99. The Bertz CT molecular complexity index is 712. The van der Waals surface area contributed by atoms with Gasteiger partial charge >= 0.3 is 6.03 Å². The van der Waals surface area contributed by atoms with E-state index < -0.39 is 6.03 Å². The van der Waals surface area contributed by atoms with Gasteiger partial charge in [0.25, 0.3) is 0 Å². The van der Waals surface area contributed by atoms with Crippen molar-refractivity contribution in [3.05, 3.63) is 29.2 Å². The Morgan fingerprint density at radius 2 is 1.96 bits per heavy atom. The molecule has 6 heteroatoms. The first-order chi connectivity index (χ1) is 12.2. The van der Waals surface area contributed by atoms with E-state index in [4.69, 9.17) is 4.74 Å². The van der Waals surface area contributed by atoms with Crippen molar-refractivity contribution in [2.45, 2.75) is 58.1 Å². The summed E-state index contributed by atoms with van der Waals surface area (Å²) in [6, 6.07) is 6.34. The minimum atomic E-state index is -0.629. The molecule has 3 unspecified atom stereocenters. The quantitative estimate of drug-likeness (QED) is 0.532. The van der Waals surface area contributed by atoms with Gasteiger partial charge in [-0.25, -0.2) is 5.32 Å².